The van der Waals surface area contributed by atoms with Gasteiger partial charge in [0.2, 0.25) is 0 Å². The van der Waals surface area contributed by atoms with Gasteiger partial charge in [-0.05, 0) is 30.7 Å². The molecule has 0 radical (unpaired) electrons. The smallest absolute Gasteiger partial charge is 0.118 e. The van der Waals surface area contributed by atoms with E-state index in [1.165, 1.54) is 0 Å². The first-order valence-corrected chi connectivity index (χ1v) is 7.71. The average Bonchev–Trinajstić information content (AvgIpc) is 3.28. The first-order valence-electron chi connectivity index (χ1n) is 7.71. The number of pyridine rings is 2. The molecule has 120 valence electrons. The summed E-state index contributed by atoms with van der Waals surface area (Å²) in [4.78, 5) is 8.85. The standard InChI is InChI=1S/C17H16N6O/c1-2-23-9-12(7-20-23)14-6-13-16(8-19-14)21-22-17(13)15-5-11(10-24)3-4-18-15/h3-9,24H,2,10H2,1H3,(H,21,22). The molecule has 0 unspecified atom stereocenters. The van der Waals surface area contributed by atoms with E-state index in [-0.39, 0.29) is 6.61 Å². The molecule has 7 heteroatoms. The molecule has 0 amide bonds. The van der Waals surface area contributed by atoms with Gasteiger partial charge >= 0.3 is 0 Å². The second-order valence-corrected chi connectivity index (χ2v) is 5.48. The van der Waals surface area contributed by atoms with E-state index in [1.807, 2.05) is 36.1 Å². The van der Waals surface area contributed by atoms with E-state index in [9.17, 15) is 5.11 Å². The number of fused-ring (bicyclic) bond motifs is 1. The molecule has 0 fully saturated rings. The monoisotopic (exact) mass is 320 g/mol. The van der Waals surface area contributed by atoms with Gasteiger partial charge in [0.1, 0.15) is 5.69 Å². The number of aryl methyl sites for hydroxylation is 1. The summed E-state index contributed by atoms with van der Waals surface area (Å²) < 4.78 is 1.86. The molecule has 7 nitrogen and oxygen atoms in total. The third-order valence-corrected chi connectivity index (χ3v) is 3.95. The maximum atomic E-state index is 9.32. The van der Waals surface area contributed by atoms with E-state index >= 15 is 0 Å². The van der Waals surface area contributed by atoms with Crippen molar-refractivity contribution in [1.29, 1.82) is 0 Å². The van der Waals surface area contributed by atoms with Gasteiger partial charge in [-0.15, -0.1) is 0 Å². The molecule has 4 rings (SSSR count). The fraction of sp³-hybridized carbons (Fsp3) is 0.176. The van der Waals surface area contributed by atoms with E-state index < -0.39 is 0 Å². The molecular formula is C17H16N6O. The highest BCUT2D eigenvalue weighted by atomic mass is 16.3. The van der Waals surface area contributed by atoms with Gasteiger partial charge < -0.3 is 5.11 Å². The summed E-state index contributed by atoms with van der Waals surface area (Å²) in [6.07, 6.45) is 7.22. The number of H-pyrrole nitrogens is 1. The summed E-state index contributed by atoms with van der Waals surface area (Å²) in [6, 6.07) is 5.60. The summed E-state index contributed by atoms with van der Waals surface area (Å²) in [5.41, 5.74) is 4.90. The third-order valence-electron chi connectivity index (χ3n) is 3.95. The van der Waals surface area contributed by atoms with Gasteiger partial charge in [0.05, 0.1) is 35.9 Å². The predicted molar refractivity (Wildman–Crippen MR) is 89.9 cm³/mol. The van der Waals surface area contributed by atoms with Crippen molar-refractivity contribution >= 4 is 10.9 Å². The van der Waals surface area contributed by atoms with Gasteiger partial charge in [-0.25, -0.2) is 0 Å². The number of nitrogens with one attached hydrogen (secondary N) is 1. The zero-order chi connectivity index (χ0) is 16.5. The van der Waals surface area contributed by atoms with E-state index in [4.69, 9.17) is 0 Å². The SMILES string of the molecule is CCn1cc(-c2cc3c(-c4cc(CO)ccn4)n[nH]c3cn2)cn1. The lowest BCUT2D eigenvalue weighted by atomic mass is 10.1. The number of aliphatic hydroxyl groups excluding tert-OH is 1. The van der Waals surface area contributed by atoms with Gasteiger partial charge in [-0.3, -0.25) is 19.7 Å². The molecule has 4 aromatic rings. The van der Waals surface area contributed by atoms with Crippen LogP contribution in [0.25, 0.3) is 33.5 Å². The second-order valence-electron chi connectivity index (χ2n) is 5.48. The summed E-state index contributed by atoms with van der Waals surface area (Å²) in [5.74, 6) is 0. The van der Waals surface area contributed by atoms with Crippen LogP contribution in [0, 0.1) is 0 Å². The van der Waals surface area contributed by atoms with E-state index in [2.05, 4.69) is 25.3 Å². The van der Waals surface area contributed by atoms with Gasteiger partial charge in [-0.2, -0.15) is 10.2 Å². The highest BCUT2D eigenvalue weighted by Crippen LogP contribution is 2.28. The third kappa shape index (κ3) is 2.44. The van der Waals surface area contributed by atoms with Crippen LogP contribution >= 0.6 is 0 Å². The first-order chi connectivity index (χ1) is 11.8. The van der Waals surface area contributed by atoms with Crippen LogP contribution < -0.4 is 0 Å². The van der Waals surface area contributed by atoms with Crippen LogP contribution in [0.15, 0.2) is 43.0 Å². The Kier molecular flexibility index (Phi) is 3.55. The lowest BCUT2D eigenvalue weighted by Gasteiger charge is -2.01. The van der Waals surface area contributed by atoms with E-state index in [1.54, 1.807) is 18.5 Å². The Morgan fingerprint density at radius 1 is 1.17 bits per heavy atom. The van der Waals surface area contributed by atoms with Crippen LogP contribution in [0.3, 0.4) is 0 Å². The molecule has 0 spiro atoms. The Labute approximate surface area is 138 Å². The number of aromatic nitrogens is 6. The highest BCUT2D eigenvalue weighted by molar-refractivity contribution is 5.93. The highest BCUT2D eigenvalue weighted by Gasteiger charge is 2.12. The van der Waals surface area contributed by atoms with E-state index in [0.29, 0.717) is 5.69 Å². The maximum absolute atomic E-state index is 9.32. The maximum Gasteiger partial charge on any atom is 0.118 e. The molecule has 0 saturated heterocycles. The first kappa shape index (κ1) is 14.5. The number of hydrogen-bond donors (Lipinski definition) is 2. The minimum absolute atomic E-state index is 0.0269. The van der Waals surface area contributed by atoms with Crippen molar-refractivity contribution < 1.29 is 5.11 Å². The lowest BCUT2D eigenvalue weighted by Crippen LogP contribution is -1.92. The minimum Gasteiger partial charge on any atom is -0.392 e. The zero-order valence-corrected chi connectivity index (χ0v) is 13.1. The summed E-state index contributed by atoms with van der Waals surface area (Å²) in [6.45, 7) is 2.83. The Hall–Kier alpha value is -3.06. The molecule has 0 saturated carbocycles. The number of aliphatic hydroxyl groups is 1. The number of aromatic amines is 1. The average molecular weight is 320 g/mol. The number of rotatable bonds is 4. The van der Waals surface area contributed by atoms with Crippen LogP contribution in [-0.4, -0.2) is 35.1 Å². The molecule has 4 aromatic heterocycles. The number of nitrogens with zero attached hydrogens (tertiary/aromatic N) is 5. The molecule has 0 aliphatic rings. The van der Waals surface area contributed by atoms with Crippen LogP contribution in [-0.2, 0) is 13.2 Å². The fourth-order valence-corrected chi connectivity index (χ4v) is 2.64. The Balaban J connectivity index is 1.83. The molecular weight excluding hydrogens is 304 g/mol. The largest absolute Gasteiger partial charge is 0.392 e. The van der Waals surface area contributed by atoms with Crippen LogP contribution in [0.2, 0.25) is 0 Å². The summed E-state index contributed by atoms with van der Waals surface area (Å²) >= 11 is 0. The lowest BCUT2D eigenvalue weighted by molar-refractivity contribution is 0.282. The van der Waals surface area contributed by atoms with Crippen molar-refractivity contribution in [2.24, 2.45) is 0 Å². The van der Waals surface area contributed by atoms with Crippen molar-refractivity contribution in [2.75, 3.05) is 0 Å². The Bertz CT molecular complexity index is 1000. The molecule has 4 heterocycles. The molecule has 2 N–H and O–H groups in total. The Morgan fingerprint density at radius 2 is 2.08 bits per heavy atom. The fourth-order valence-electron chi connectivity index (χ4n) is 2.64. The molecule has 24 heavy (non-hydrogen) atoms. The van der Waals surface area contributed by atoms with Crippen LogP contribution in [0.5, 0.6) is 0 Å². The van der Waals surface area contributed by atoms with Crippen molar-refractivity contribution in [3.63, 3.8) is 0 Å². The second kappa shape index (κ2) is 5.86. The van der Waals surface area contributed by atoms with Crippen molar-refractivity contribution in [3.05, 3.63) is 48.5 Å². The predicted octanol–water partition coefficient (Wildman–Crippen LogP) is 2.40. The Morgan fingerprint density at radius 3 is 2.88 bits per heavy atom. The molecule has 0 aliphatic heterocycles. The molecule has 0 aliphatic carbocycles. The van der Waals surface area contributed by atoms with E-state index in [0.717, 1.165) is 40.0 Å². The van der Waals surface area contributed by atoms with Crippen LogP contribution in [0.4, 0.5) is 0 Å². The normalized spacial score (nSPS) is 11.2. The summed E-state index contributed by atoms with van der Waals surface area (Å²) in [7, 11) is 0. The molecule has 0 atom stereocenters. The quantitative estimate of drug-likeness (QED) is 0.602. The topological polar surface area (TPSA) is 92.5 Å². The summed E-state index contributed by atoms with van der Waals surface area (Å²) in [5, 5.41) is 21.9. The minimum atomic E-state index is -0.0269. The van der Waals surface area contributed by atoms with Gasteiger partial charge in [-0.1, -0.05) is 0 Å². The zero-order valence-electron chi connectivity index (χ0n) is 13.1. The van der Waals surface area contributed by atoms with Crippen molar-refractivity contribution in [1.82, 2.24) is 29.9 Å². The van der Waals surface area contributed by atoms with Crippen molar-refractivity contribution in [2.45, 2.75) is 20.1 Å². The van der Waals surface area contributed by atoms with Gasteiger partial charge in [0.15, 0.2) is 0 Å². The van der Waals surface area contributed by atoms with Gasteiger partial charge in [0.25, 0.3) is 0 Å². The van der Waals surface area contributed by atoms with Crippen LogP contribution in [0.1, 0.15) is 12.5 Å². The molecule has 0 bridgehead atoms. The van der Waals surface area contributed by atoms with Crippen molar-refractivity contribution in [3.8, 4) is 22.6 Å². The molecule has 0 aromatic carbocycles. The number of hydrogen-bond acceptors (Lipinski definition) is 5. The van der Waals surface area contributed by atoms with Gasteiger partial charge in [0, 0.05) is 29.9 Å².